The first-order chi connectivity index (χ1) is 15.3. The number of cyclic esters (lactones) is 1. The number of carbonyl (C=O) groups is 1. The third kappa shape index (κ3) is 4.61. The molecule has 0 saturated carbocycles. The summed E-state index contributed by atoms with van der Waals surface area (Å²) in [6, 6.07) is 12.5. The molecule has 0 spiro atoms. The molecular weight excluding hydrogens is 447 g/mol. The van der Waals surface area contributed by atoms with Crippen LogP contribution >= 0.6 is 11.6 Å². The van der Waals surface area contributed by atoms with Gasteiger partial charge in [-0.15, -0.1) is 0 Å². The molecule has 5 nitrogen and oxygen atoms in total. The van der Waals surface area contributed by atoms with Crippen molar-refractivity contribution in [2.75, 3.05) is 11.5 Å². The fourth-order valence-electron chi connectivity index (χ4n) is 3.88. The van der Waals surface area contributed by atoms with Crippen LogP contribution in [0.1, 0.15) is 6.42 Å². The van der Waals surface area contributed by atoms with Gasteiger partial charge in [-0.2, -0.15) is 13.2 Å². The highest BCUT2D eigenvalue weighted by atomic mass is 35.5. The van der Waals surface area contributed by atoms with Crippen LogP contribution in [0.5, 0.6) is 11.5 Å². The van der Waals surface area contributed by atoms with Gasteiger partial charge in [0.05, 0.1) is 18.2 Å². The number of amides is 1. The summed E-state index contributed by atoms with van der Waals surface area (Å²) in [6.45, 7) is -0.500. The zero-order valence-corrected chi connectivity index (χ0v) is 17.4. The second-order valence-electron chi connectivity index (χ2n) is 7.44. The summed E-state index contributed by atoms with van der Waals surface area (Å²) in [5.41, 5.74) is -0.354. The zero-order chi connectivity index (χ0) is 22.9. The van der Waals surface area contributed by atoms with Crippen molar-refractivity contribution >= 4 is 23.4 Å². The normalized spacial score (nSPS) is 23.2. The summed E-state index contributed by atoms with van der Waals surface area (Å²) in [5.74, 6) is 0.392. The lowest BCUT2D eigenvalue weighted by molar-refractivity contribution is -0.0890. The standard InChI is InChI=1S/C23H19ClF3NO4/c24-16-4-8-18(9-5-16)31-19-10-6-17(7-11-19)28-21(20(13-29)32-22(28)30)14-2-1-3-15(12-14)23(25,26)27/h1,3-12,14,20-21,29H,2,13H2/t14?,20-,21-/m0/s1. The third-order valence-electron chi connectivity index (χ3n) is 5.34. The Morgan fingerprint density at radius 2 is 1.72 bits per heavy atom. The average molecular weight is 466 g/mol. The largest absolute Gasteiger partial charge is 0.457 e. The van der Waals surface area contributed by atoms with Gasteiger partial charge in [-0.25, -0.2) is 4.79 Å². The minimum atomic E-state index is -4.50. The number of aliphatic hydroxyl groups excluding tert-OH is 1. The molecule has 168 valence electrons. The number of nitrogens with zero attached hydrogens (tertiary/aromatic N) is 1. The number of benzene rings is 2. The smallest absolute Gasteiger partial charge is 0.416 e. The molecule has 2 aliphatic rings. The topological polar surface area (TPSA) is 59.0 Å². The predicted molar refractivity (Wildman–Crippen MR) is 113 cm³/mol. The van der Waals surface area contributed by atoms with Crippen molar-refractivity contribution < 1.29 is 32.5 Å². The van der Waals surface area contributed by atoms with Gasteiger partial charge in [-0.1, -0.05) is 29.8 Å². The average Bonchev–Trinajstić information content (AvgIpc) is 3.11. The maximum atomic E-state index is 13.2. The minimum absolute atomic E-state index is 0.283. The molecule has 0 bridgehead atoms. The maximum absolute atomic E-state index is 13.2. The first-order valence-corrected chi connectivity index (χ1v) is 10.2. The van der Waals surface area contributed by atoms with Crippen molar-refractivity contribution in [1.82, 2.24) is 0 Å². The van der Waals surface area contributed by atoms with Gasteiger partial charge in [-0.05, 0) is 55.0 Å². The highest BCUT2D eigenvalue weighted by Gasteiger charge is 2.47. The van der Waals surface area contributed by atoms with Crippen LogP contribution in [0.25, 0.3) is 0 Å². The monoisotopic (exact) mass is 465 g/mol. The van der Waals surface area contributed by atoms with Crippen LogP contribution in [0, 0.1) is 5.92 Å². The number of halogens is 4. The third-order valence-corrected chi connectivity index (χ3v) is 5.59. The van der Waals surface area contributed by atoms with Gasteiger partial charge in [0, 0.05) is 16.6 Å². The Hall–Kier alpha value is -2.97. The summed E-state index contributed by atoms with van der Waals surface area (Å²) < 4.78 is 50.7. The Morgan fingerprint density at radius 3 is 2.31 bits per heavy atom. The second-order valence-corrected chi connectivity index (χ2v) is 7.87. The van der Waals surface area contributed by atoms with Gasteiger partial charge in [0.25, 0.3) is 0 Å². The second kappa shape index (κ2) is 8.88. The molecule has 4 rings (SSSR count). The van der Waals surface area contributed by atoms with Gasteiger partial charge in [-0.3, -0.25) is 4.90 Å². The Balaban J connectivity index is 1.59. The van der Waals surface area contributed by atoms with Crippen LogP contribution in [0.15, 0.2) is 72.3 Å². The van der Waals surface area contributed by atoms with Crippen LogP contribution in [0.4, 0.5) is 23.7 Å². The van der Waals surface area contributed by atoms with E-state index in [4.69, 9.17) is 21.1 Å². The number of hydrogen-bond acceptors (Lipinski definition) is 4. The van der Waals surface area contributed by atoms with E-state index in [1.807, 2.05) is 0 Å². The SMILES string of the molecule is O=C1O[C@@H](CO)[C@H](C2C=C(C(F)(F)F)C=CC2)N1c1ccc(Oc2ccc(Cl)cc2)cc1. The van der Waals surface area contributed by atoms with Crippen molar-refractivity contribution in [2.24, 2.45) is 5.92 Å². The van der Waals surface area contributed by atoms with E-state index in [2.05, 4.69) is 0 Å². The van der Waals surface area contributed by atoms with E-state index < -0.39 is 42.5 Å². The molecule has 1 aliphatic carbocycles. The van der Waals surface area contributed by atoms with Crippen molar-refractivity contribution in [3.05, 3.63) is 77.4 Å². The summed E-state index contributed by atoms with van der Waals surface area (Å²) in [7, 11) is 0. The van der Waals surface area contributed by atoms with E-state index in [1.165, 1.54) is 11.0 Å². The quantitative estimate of drug-likeness (QED) is 0.598. The molecular formula is C23H19ClF3NO4. The molecule has 0 aromatic heterocycles. The Bertz CT molecular complexity index is 1030. The van der Waals surface area contributed by atoms with E-state index in [-0.39, 0.29) is 6.42 Å². The molecule has 0 radical (unpaired) electrons. The predicted octanol–water partition coefficient (Wildman–Crippen LogP) is 5.88. The molecule has 1 heterocycles. The highest BCUT2D eigenvalue weighted by molar-refractivity contribution is 6.30. The van der Waals surface area contributed by atoms with Crippen LogP contribution < -0.4 is 9.64 Å². The van der Waals surface area contributed by atoms with Gasteiger partial charge >= 0.3 is 12.3 Å². The highest BCUT2D eigenvalue weighted by Crippen LogP contribution is 2.39. The molecule has 1 saturated heterocycles. The molecule has 3 atom stereocenters. The van der Waals surface area contributed by atoms with E-state index in [0.29, 0.717) is 22.2 Å². The fraction of sp³-hybridized carbons (Fsp3) is 0.261. The zero-order valence-electron chi connectivity index (χ0n) is 16.6. The van der Waals surface area contributed by atoms with Crippen molar-refractivity contribution in [1.29, 1.82) is 0 Å². The molecule has 2 aromatic carbocycles. The molecule has 1 aliphatic heterocycles. The molecule has 32 heavy (non-hydrogen) atoms. The lowest BCUT2D eigenvalue weighted by Gasteiger charge is -2.31. The van der Waals surface area contributed by atoms with Gasteiger partial charge < -0.3 is 14.6 Å². The Kier molecular flexibility index (Phi) is 6.17. The molecule has 2 aromatic rings. The van der Waals surface area contributed by atoms with Gasteiger partial charge in [0.2, 0.25) is 0 Å². The maximum Gasteiger partial charge on any atom is 0.416 e. The van der Waals surface area contributed by atoms with Crippen molar-refractivity contribution in [2.45, 2.75) is 24.7 Å². The van der Waals surface area contributed by atoms with E-state index in [1.54, 1.807) is 48.5 Å². The van der Waals surface area contributed by atoms with Crippen LogP contribution in [0.3, 0.4) is 0 Å². The van der Waals surface area contributed by atoms with E-state index in [9.17, 15) is 23.1 Å². The lowest BCUT2D eigenvalue weighted by atomic mass is 9.86. The van der Waals surface area contributed by atoms with Crippen LogP contribution in [-0.2, 0) is 4.74 Å². The molecule has 1 unspecified atom stereocenters. The number of rotatable bonds is 5. The van der Waals surface area contributed by atoms with Gasteiger partial charge in [0.15, 0.2) is 0 Å². The summed E-state index contributed by atoms with van der Waals surface area (Å²) in [4.78, 5) is 13.9. The number of allylic oxidation sites excluding steroid dienone is 3. The molecule has 1 fully saturated rings. The number of alkyl halides is 3. The summed E-state index contributed by atoms with van der Waals surface area (Å²) in [6.07, 6.45) is -2.35. The fourth-order valence-corrected chi connectivity index (χ4v) is 4.01. The van der Waals surface area contributed by atoms with Crippen LogP contribution in [0.2, 0.25) is 5.02 Å². The lowest BCUT2D eigenvalue weighted by Crippen LogP contribution is -2.44. The van der Waals surface area contributed by atoms with E-state index >= 15 is 0 Å². The van der Waals surface area contributed by atoms with E-state index in [0.717, 1.165) is 12.2 Å². The molecule has 9 heteroatoms. The number of hydrogen-bond donors (Lipinski definition) is 1. The number of anilines is 1. The Morgan fingerprint density at radius 1 is 1.09 bits per heavy atom. The van der Waals surface area contributed by atoms with Crippen molar-refractivity contribution in [3.63, 3.8) is 0 Å². The minimum Gasteiger partial charge on any atom is -0.457 e. The Labute approximate surface area is 187 Å². The number of carbonyl (C=O) groups excluding carboxylic acids is 1. The first kappa shape index (κ1) is 22.2. The summed E-state index contributed by atoms with van der Waals surface area (Å²) >= 11 is 5.86. The first-order valence-electron chi connectivity index (χ1n) is 9.86. The molecule has 1 N–H and O–H groups in total. The van der Waals surface area contributed by atoms with Crippen LogP contribution in [-0.4, -0.2) is 36.1 Å². The summed E-state index contributed by atoms with van der Waals surface area (Å²) in [5, 5.41) is 10.3. The van der Waals surface area contributed by atoms with Gasteiger partial charge in [0.1, 0.15) is 17.6 Å². The number of aliphatic hydroxyl groups is 1. The molecule has 1 amide bonds. The number of ether oxygens (including phenoxy) is 2. The van der Waals surface area contributed by atoms with Crippen molar-refractivity contribution in [3.8, 4) is 11.5 Å².